The van der Waals surface area contributed by atoms with Crippen LogP contribution in [0.25, 0.3) is 16.7 Å². The summed E-state index contributed by atoms with van der Waals surface area (Å²) in [5.74, 6) is -1.78. The molecule has 0 aliphatic heterocycles. The van der Waals surface area contributed by atoms with Gasteiger partial charge >= 0.3 is 12.1 Å². The van der Waals surface area contributed by atoms with Crippen LogP contribution in [0.5, 0.6) is 0 Å². The number of hydrogen-bond acceptors (Lipinski definition) is 4. The largest absolute Gasteiger partial charge is 0.480 e. The first-order chi connectivity index (χ1) is 16.4. The highest BCUT2D eigenvalue weighted by atomic mass is 35.5. The molecule has 2 heterocycles. The summed E-state index contributed by atoms with van der Waals surface area (Å²) in [5, 5.41) is 9.79. The zero-order valence-corrected chi connectivity index (χ0v) is 20.9. The molecule has 0 saturated heterocycles. The molecule has 0 aliphatic carbocycles. The first-order valence-electron chi connectivity index (χ1n) is 9.72. The Morgan fingerprint density at radius 3 is 2.33 bits per heavy atom. The van der Waals surface area contributed by atoms with Gasteiger partial charge in [0.2, 0.25) is 0 Å². The van der Waals surface area contributed by atoms with E-state index >= 15 is 0 Å². The van der Waals surface area contributed by atoms with Crippen LogP contribution >= 0.6 is 35.6 Å². The summed E-state index contributed by atoms with van der Waals surface area (Å²) in [4.78, 5) is 15.0. The Labute approximate surface area is 219 Å². The van der Waals surface area contributed by atoms with E-state index in [1.54, 1.807) is 0 Å². The van der Waals surface area contributed by atoms with Crippen LogP contribution in [0.4, 0.5) is 18.9 Å². The summed E-state index contributed by atoms with van der Waals surface area (Å²) in [6.45, 7) is -0.920. The van der Waals surface area contributed by atoms with Crippen molar-refractivity contribution in [2.75, 3.05) is 10.8 Å². The third kappa shape index (κ3) is 5.39. The van der Waals surface area contributed by atoms with Gasteiger partial charge in [-0.25, -0.2) is 13.4 Å². The molecular weight excluding hydrogens is 566 g/mol. The third-order valence-electron chi connectivity index (χ3n) is 4.99. The summed E-state index contributed by atoms with van der Waals surface area (Å²) in [7, 11) is -4.42. The Bertz CT molecular complexity index is 1540. The Morgan fingerprint density at radius 1 is 1.06 bits per heavy atom. The minimum Gasteiger partial charge on any atom is -0.480 e. The molecule has 0 unspecified atom stereocenters. The number of carboxylic acid groups (broad SMARTS) is 1. The molecule has 0 spiro atoms. The highest BCUT2D eigenvalue weighted by molar-refractivity contribution is 7.92. The molecule has 0 fully saturated rings. The van der Waals surface area contributed by atoms with E-state index in [0.29, 0.717) is 15.2 Å². The van der Waals surface area contributed by atoms with E-state index in [0.717, 1.165) is 18.2 Å². The highest BCUT2D eigenvalue weighted by Gasteiger charge is 2.35. The second kappa shape index (κ2) is 10.2. The smallest absolute Gasteiger partial charge is 0.419 e. The molecule has 0 atom stereocenters. The number of benzene rings is 2. The van der Waals surface area contributed by atoms with E-state index in [1.807, 2.05) is 0 Å². The summed E-state index contributed by atoms with van der Waals surface area (Å²) in [6.07, 6.45) is -2.06. The number of nitrogens with zero attached hydrogens (tertiary/aromatic N) is 3. The van der Waals surface area contributed by atoms with E-state index in [-0.39, 0.29) is 38.9 Å². The van der Waals surface area contributed by atoms with Crippen molar-refractivity contribution < 1.29 is 31.5 Å². The summed E-state index contributed by atoms with van der Waals surface area (Å²) >= 11 is 11.8. The summed E-state index contributed by atoms with van der Waals surface area (Å²) < 4.78 is 68.9. The normalized spacial score (nSPS) is 11.8. The second-order valence-electron chi connectivity index (χ2n) is 7.31. The van der Waals surface area contributed by atoms with E-state index < -0.39 is 34.3 Å². The fourth-order valence-electron chi connectivity index (χ4n) is 3.52. The van der Waals surface area contributed by atoms with Crippen LogP contribution in [0.3, 0.4) is 0 Å². The molecule has 2 aromatic carbocycles. The predicted molar refractivity (Wildman–Crippen MR) is 132 cm³/mol. The third-order valence-corrected chi connectivity index (χ3v) is 7.17. The molecular formula is C22H15Cl3F3N3O4S. The summed E-state index contributed by atoms with van der Waals surface area (Å²) in [6, 6.07) is 11.2. The number of pyridine rings is 1. The standard InChI is InChI=1S/C22H14Cl2F3N3O4S.ClH/c23-14-9-15(24)11-17(10-14)35(33,34)30(12-20(31)32)16-3-4-19-13(8-16)5-7-29(19)21-18(22(25,26)27)2-1-6-28-21;/h1-11H,12H2,(H,31,32);1H. The first-order valence-corrected chi connectivity index (χ1v) is 11.9. The predicted octanol–water partition coefficient (Wildman–Crippen LogP) is 6.05. The van der Waals surface area contributed by atoms with Gasteiger partial charge in [0.15, 0.2) is 0 Å². The molecule has 0 amide bonds. The Balaban J connectivity index is 0.00000361. The Hall–Kier alpha value is -2.99. The quantitative estimate of drug-likeness (QED) is 0.300. The average molecular weight is 581 g/mol. The summed E-state index contributed by atoms with van der Waals surface area (Å²) in [5.41, 5.74) is -0.670. The SMILES string of the molecule is Cl.O=C(O)CN(c1ccc2c(ccn2-c2ncccc2C(F)(F)F)c1)S(=O)(=O)c1cc(Cl)cc(Cl)c1. The molecule has 0 bridgehead atoms. The molecule has 14 heteroatoms. The lowest BCUT2D eigenvalue weighted by Gasteiger charge is -2.23. The van der Waals surface area contributed by atoms with Crippen molar-refractivity contribution in [3.8, 4) is 5.82 Å². The van der Waals surface area contributed by atoms with Gasteiger partial charge in [-0.2, -0.15) is 13.2 Å². The first kappa shape index (κ1) is 27.6. The van der Waals surface area contributed by atoms with Crippen molar-refractivity contribution in [1.82, 2.24) is 9.55 Å². The van der Waals surface area contributed by atoms with Crippen LogP contribution in [0.15, 0.2) is 71.9 Å². The van der Waals surface area contributed by atoms with E-state index in [9.17, 15) is 31.5 Å². The number of carboxylic acids is 1. The van der Waals surface area contributed by atoms with Crippen molar-refractivity contribution in [2.24, 2.45) is 0 Å². The van der Waals surface area contributed by atoms with Gasteiger partial charge in [0.1, 0.15) is 12.4 Å². The van der Waals surface area contributed by atoms with E-state index in [4.69, 9.17) is 23.2 Å². The maximum Gasteiger partial charge on any atom is 0.419 e. The van der Waals surface area contributed by atoms with E-state index in [2.05, 4.69) is 4.98 Å². The molecule has 2 aromatic heterocycles. The van der Waals surface area contributed by atoms with Gasteiger partial charge in [-0.05, 0) is 54.6 Å². The van der Waals surface area contributed by atoms with Crippen molar-refractivity contribution in [2.45, 2.75) is 11.1 Å². The lowest BCUT2D eigenvalue weighted by atomic mass is 10.2. The number of anilines is 1. The molecule has 4 rings (SSSR count). The van der Waals surface area contributed by atoms with Crippen molar-refractivity contribution in [1.29, 1.82) is 0 Å². The van der Waals surface area contributed by atoms with E-state index in [1.165, 1.54) is 53.4 Å². The van der Waals surface area contributed by atoms with Gasteiger partial charge in [0.25, 0.3) is 10.0 Å². The average Bonchev–Trinajstić information content (AvgIpc) is 3.19. The number of aromatic nitrogens is 2. The van der Waals surface area contributed by atoms with Gasteiger partial charge in [0.05, 0.1) is 21.7 Å². The number of sulfonamides is 1. The lowest BCUT2D eigenvalue weighted by Crippen LogP contribution is -2.35. The van der Waals surface area contributed by atoms with Crippen molar-refractivity contribution in [3.63, 3.8) is 0 Å². The molecule has 7 nitrogen and oxygen atoms in total. The number of aliphatic carboxylic acids is 1. The van der Waals surface area contributed by atoms with Gasteiger partial charge in [0, 0.05) is 27.8 Å². The maximum atomic E-state index is 13.5. The topological polar surface area (TPSA) is 92.5 Å². The van der Waals surface area contributed by atoms with Gasteiger partial charge < -0.3 is 9.67 Å². The monoisotopic (exact) mass is 579 g/mol. The van der Waals surface area contributed by atoms with Gasteiger partial charge in [-0.15, -0.1) is 12.4 Å². The maximum absolute atomic E-state index is 13.5. The van der Waals surface area contributed by atoms with Gasteiger partial charge in [-0.1, -0.05) is 23.2 Å². The fraction of sp³-hybridized carbons (Fsp3) is 0.0909. The second-order valence-corrected chi connectivity index (χ2v) is 10.0. The van der Waals surface area contributed by atoms with Crippen molar-refractivity contribution >= 4 is 68.2 Å². The zero-order valence-electron chi connectivity index (χ0n) is 17.8. The number of rotatable bonds is 6. The molecule has 4 aromatic rings. The van der Waals surface area contributed by atoms with Crippen LogP contribution in [0.1, 0.15) is 5.56 Å². The lowest BCUT2D eigenvalue weighted by molar-refractivity contribution is -0.138. The van der Waals surface area contributed by atoms with Gasteiger partial charge in [-0.3, -0.25) is 9.10 Å². The van der Waals surface area contributed by atoms with Crippen LogP contribution in [0, 0.1) is 0 Å². The number of fused-ring (bicyclic) bond motifs is 1. The number of halogens is 6. The number of carbonyl (C=O) groups is 1. The molecule has 0 radical (unpaired) electrons. The van der Waals surface area contributed by atoms with Crippen LogP contribution in [-0.2, 0) is 21.0 Å². The Morgan fingerprint density at radius 2 is 1.72 bits per heavy atom. The van der Waals surface area contributed by atoms with Crippen LogP contribution in [-0.4, -0.2) is 35.6 Å². The molecule has 0 saturated carbocycles. The van der Waals surface area contributed by atoms with Crippen molar-refractivity contribution in [3.05, 3.63) is 82.6 Å². The zero-order chi connectivity index (χ0) is 25.5. The minimum atomic E-state index is -4.65. The molecule has 36 heavy (non-hydrogen) atoms. The highest BCUT2D eigenvalue weighted by Crippen LogP contribution is 2.35. The molecule has 190 valence electrons. The van der Waals surface area contributed by atoms with Crippen LogP contribution < -0.4 is 4.31 Å². The number of hydrogen-bond donors (Lipinski definition) is 1. The molecule has 0 aliphatic rings. The van der Waals surface area contributed by atoms with Crippen LogP contribution in [0.2, 0.25) is 10.0 Å². The molecule has 1 N–H and O–H groups in total. The Kier molecular flexibility index (Phi) is 7.80. The fourth-order valence-corrected chi connectivity index (χ4v) is 5.66. The number of alkyl halides is 3. The minimum absolute atomic E-state index is 0.